The number of hydrogen-bond donors (Lipinski definition) is 0. The number of anilines is 1. The summed E-state index contributed by atoms with van der Waals surface area (Å²) in [4.78, 5) is 2.39. The van der Waals surface area contributed by atoms with Crippen LogP contribution in [-0.4, -0.2) is 25.8 Å². The van der Waals surface area contributed by atoms with Gasteiger partial charge in [-0.15, -0.1) is 0 Å². The van der Waals surface area contributed by atoms with Crippen molar-refractivity contribution < 1.29 is 4.74 Å². The summed E-state index contributed by atoms with van der Waals surface area (Å²) in [7, 11) is 0. The molecule has 4 heteroatoms. The van der Waals surface area contributed by atoms with Gasteiger partial charge in [0, 0.05) is 22.4 Å². The summed E-state index contributed by atoms with van der Waals surface area (Å²) in [6.07, 6.45) is 0. The van der Waals surface area contributed by atoms with Crippen LogP contribution in [0.25, 0.3) is 0 Å². The molecule has 0 saturated carbocycles. The highest BCUT2D eigenvalue weighted by Gasteiger charge is 2.20. The second-order valence-electron chi connectivity index (χ2n) is 4.04. The van der Waals surface area contributed by atoms with E-state index in [1.165, 1.54) is 15.7 Å². The zero-order chi connectivity index (χ0) is 11.5. The first-order valence-electron chi connectivity index (χ1n) is 5.41. The summed E-state index contributed by atoms with van der Waals surface area (Å²) in [5, 5.41) is 0.893. The molecule has 1 aromatic carbocycles. The van der Waals surface area contributed by atoms with Crippen LogP contribution in [0.3, 0.4) is 0 Å². The first kappa shape index (κ1) is 12.4. The van der Waals surface area contributed by atoms with E-state index in [-0.39, 0.29) is 0 Å². The average molecular weight is 349 g/mol. The molecule has 0 bridgehead atoms. The molecule has 2 nitrogen and oxygen atoms in total. The van der Waals surface area contributed by atoms with E-state index in [0.717, 1.165) is 25.1 Å². The highest BCUT2D eigenvalue weighted by Crippen LogP contribution is 2.30. The molecule has 1 unspecified atom stereocenters. The molecule has 1 aromatic rings. The summed E-state index contributed by atoms with van der Waals surface area (Å²) >= 11 is 7.12. The van der Waals surface area contributed by atoms with Crippen LogP contribution in [0.2, 0.25) is 0 Å². The molecular weight excluding hydrogens is 334 g/mol. The summed E-state index contributed by atoms with van der Waals surface area (Å²) in [5.41, 5.74) is 2.55. The molecule has 0 amide bonds. The lowest BCUT2D eigenvalue weighted by Gasteiger charge is -2.36. The van der Waals surface area contributed by atoms with Gasteiger partial charge >= 0.3 is 0 Å². The quantitative estimate of drug-likeness (QED) is 0.757. The molecule has 0 spiro atoms. The van der Waals surface area contributed by atoms with Gasteiger partial charge in [-0.3, -0.25) is 0 Å². The Labute approximate surface area is 113 Å². The van der Waals surface area contributed by atoms with Crippen molar-refractivity contribution in [3.63, 3.8) is 0 Å². The van der Waals surface area contributed by atoms with E-state index in [1.54, 1.807) is 0 Å². The molecule has 0 radical (unpaired) electrons. The summed E-state index contributed by atoms with van der Waals surface area (Å²) in [5.74, 6) is 0. The summed E-state index contributed by atoms with van der Waals surface area (Å²) < 4.78 is 6.62. The van der Waals surface area contributed by atoms with Crippen molar-refractivity contribution in [1.29, 1.82) is 0 Å². The highest BCUT2D eigenvalue weighted by atomic mass is 79.9. The van der Waals surface area contributed by atoms with Crippen LogP contribution in [0.5, 0.6) is 0 Å². The fraction of sp³-hybridized carbons (Fsp3) is 0.500. The Morgan fingerprint density at radius 2 is 2.31 bits per heavy atom. The molecule has 1 aliphatic rings. The number of rotatable bonds is 2. The second kappa shape index (κ2) is 5.52. The summed E-state index contributed by atoms with van der Waals surface area (Å²) in [6.45, 7) is 4.79. The fourth-order valence-corrected chi connectivity index (χ4v) is 2.95. The normalized spacial score (nSPS) is 21.2. The molecule has 1 heterocycles. The lowest BCUT2D eigenvalue weighted by molar-refractivity contribution is 0.0989. The third-order valence-corrected chi connectivity index (χ3v) is 4.13. The van der Waals surface area contributed by atoms with E-state index in [0.29, 0.717) is 6.04 Å². The minimum absolute atomic E-state index is 0.444. The zero-order valence-electron chi connectivity index (χ0n) is 9.25. The molecule has 2 rings (SSSR count). The topological polar surface area (TPSA) is 12.5 Å². The molecule has 1 saturated heterocycles. The predicted octanol–water partition coefficient (Wildman–Crippen LogP) is 3.57. The number of nitrogens with zero attached hydrogens (tertiary/aromatic N) is 1. The summed E-state index contributed by atoms with van der Waals surface area (Å²) in [6, 6.07) is 6.96. The smallest absolute Gasteiger partial charge is 0.0668 e. The Morgan fingerprint density at radius 1 is 1.50 bits per heavy atom. The first-order valence-corrected chi connectivity index (χ1v) is 7.32. The Hall–Kier alpha value is -0.0600. The van der Waals surface area contributed by atoms with E-state index in [2.05, 4.69) is 61.9 Å². The van der Waals surface area contributed by atoms with E-state index in [1.807, 2.05) is 0 Å². The maximum Gasteiger partial charge on any atom is 0.0668 e. The first-order chi connectivity index (χ1) is 7.72. The van der Waals surface area contributed by atoms with Gasteiger partial charge in [0.1, 0.15) is 0 Å². The Bertz CT molecular complexity index is 370. The van der Waals surface area contributed by atoms with E-state index in [9.17, 15) is 0 Å². The van der Waals surface area contributed by atoms with Crippen molar-refractivity contribution in [2.45, 2.75) is 18.3 Å². The molecule has 0 aromatic heterocycles. The van der Waals surface area contributed by atoms with Crippen LogP contribution in [-0.2, 0) is 10.1 Å². The lowest BCUT2D eigenvalue weighted by atomic mass is 10.1. The molecular formula is C12H15Br2NO. The van der Waals surface area contributed by atoms with E-state index in [4.69, 9.17) is 4.74 Å². The molecule has 0 aliphatic carbocycles. The van der Waals surface area contributed by atoms with Gasteiger partial charge in [-0.1, -0.05) is 22.0 Å². The van der Waals surface area contributed by atoms with Gasteiger partial charge in [-0.05, 0) is 40.5 Å². The van der Waals surface area contributed by atoms with Gasteiger partial charge in [0.25, 0.3) is 0 Å². The van der Waals surface area contributed by atoms with Crippen LogP contribution >= 0.6 is 31.9 Å². The van der Waals surface area contributed by atoms with Gasteiger partial charge in [-0.2, -0.15) is 0 Å². The van der Waals surface area contributed by atoms with Crippen molar-refractivity contribution in [3.8, 4) is 0 Å². The number of benzene rings is 1. The Morgan fingerprint density at radius 3 is 2.94 bits per heavy atom. The van der Waals surface area contributed by atoms with Crippen LogP contribution in [0.4, 0.5) is 5.69 Å². The van der Waals surface area contributed by atoms with Gasteiger partial charge in [0.2, 0.25) is 0 Å². The standard InChI is InChI=1S/C12H15Br2NO/c1-9-8-16-5-4-15(9)12-3-2-10(7-13)6-11(12)14/h2-3,6,9H,4-5,7-8H2,1H3. The number of ether oxygens (including phenoxy) is 1. The highest BCUT2D eigenvalue weighted by molar-refractivity contribution is 9.10. The maximum absolute atomic E-state index is 5.45. The minimum Gasteiger partial charge on any atom is -0.377 e. The minimum atomic E-state index is 0.444. The third kappa shape index (κ3) is 2.60. The van der Waals surface area contributed by atoms with Crippen molar-refractivity contribution >= 4 is 37.5 Å². The molecule has 16 heavy (non-hydrogen) atoms. The van der Waals surface area contributed by atoms with Gasteiger partial charge in [0.15, 0.2) is 0 Å². The maximum atomic E-state index is 5.45. The number of hydrogen-bond acceptors (Lipinski definition) is 2. The molecule has 0 N–H and O–H groups in total. The van der Waals surface area contributed by atoms with Crippen molar-refractivity contribution in [2.75, 3.05) is 24.7 Å². The van der Waals surface area contributed by atoms with Crippen molar-refractivity contribution in [1.82, 2.24) is 0 Å². The van der Waals surface area contributed by atoms with Crippen LogP contribution in [0.1, 0.15) is 12.5 Å². The second-order valence-corrected chi connectivity index (χ2v) is 5.45. The zero-order valence-corrected chi connectivity index (χ0v) is 12.4. The number of alkyl halides is 1. The predicted molar refractivity (Wildman–Crippen MR) is 74.4 cm³/mol. The molecule has 1 aliphatic heterocycles. The monoisotopic (exact) mass is 347 g/mol. The van der Waals surface area contributed by atoms with E-state index >= 15 is 0 Å². The molecule has 1 atom stereocenters. The average Bonchev–Trinajstić information content (AvgIpc) is 2.30. The van der Waals surface area contributed by atoms with E-state index < -0.39 is 0 Å². The third-order valence-electron chi connectivity index (χ3n) is 2.84. The van der Waals surface area contributed by atoms with Crippen molar-refractivity contribution in [2.24, 2.45) is 0 Å². The number of morpholine rings is 1. The SMILES string of the molecule is CC1COCCN1c1ccc(CBr)cc1Br. The largest absolute Gasteiger partial charge is 0.377 e. The fourth-order valence-electron chi connectivity index (χ4n) is 1.95. The number of halogens is 2. The van der Waals surface area contributed by atoms with Gasteiger partial charge < -0.3 is 9.64 Å². The molecule has 88 valence electrons. The lowest BCUT2D eigenvalue weighted by Crippen LogP contribution is -2.43. The van der Waals surface area contributed by atoms with Gasteiger partial charge in [-0.25, -0.2) is 0 Å². The van der Waals surface area contributed by atoms with Gasteiger partial charge in [0.05, 0.1) is 18.9 Å². The van der Waals surface area contributed by atoms with Crippen LogP contribution in [0.15, 0.2) is 22.7 Å². The Balaban J connectivity index is 2.25. The van der Waals surface area contributed by atoms with Crippen molar-refractivity contribution in [3.05, 3.63) is 28.2 Å². The van der Waals surface area contributed by atoms with Crippen LogP contribution < -0.4 is 4.90 Å². The Kier molecular flexibility index (Phi) is 4.27. The van der Waals surface area contributed by atoms with Crippen LogP contribution in [0, 0.1) is 0 Å². The molecule has 1 fully saturated rings.